The summed E-state index contributed by atoms with van der Waals surface area (Å²) in [7, 11) is -3.61. The summed E-state index contributed by atoms with van der Waals surface area (Å²) in [5, 5.41) is 0. The van der Waals surface area contributed by atoms with Crippen molar-refractivity contribution in [1.29, 1.82) is 0 Å². The van der Waals surface area contributed by atoms with Crippen LogP contribution in [0.2, 0.25) is 0 Å². The van der Waals surface area contributed by atoms with Gasteiger partial charge in [0.1, 0.15) is 0 Å². The molecule has 94 valence electrons. The van der Waals surface area contributed by atoms with Gasteiger partial charge in [0, 0.05) is 4.47 Å². The molecule has 2 atom stereocenters. The monoisotopic (exact) mass is 318 g/mol. The van der Waals surface area contributed by atoms with Crippen LogP contribution in [0, 0.1) is 5.92 Å². The Kier molecular flexibility index (Phi) is 3.90. The van der Waals surface area contributed by atoms with E-state index >= 15 is 0 Å². The molecule has 0 radical (unpaired) electrons. The van der Waals surface area contributed by atoms with Crippen molar-refractivity contribution in [3.8, 4) is 0 Å². The summed E-state index contributed by atoms with van der Waals surface area (Å²) in [6, 6.07) is 6.51. The number of hydrogen-bond donors (Lipinski definition) is 0. The van der Waals surface area contributed by atoms with Crippen molar-refractivity contribution in [2.24, 2.45) is 5.92 Å². The lowest BCUT2D eigenvalue weighted by molar-refractivity contribution is 0.175. The van der Waals surface area contributed by atoms with Crippen LogP contribution in [0.3, 0.4) is 0 Å². The van der Waals surface area contributed by atoms with E-state index in [0.29, 0.717) is 5.92 Å². The summed E-state index contributed by atoms with van der Waals surface area (Å²) in [4.78, 5) is 0.222. The summed E-state index contributed by atoms with van der Waals surface area (Å²) in [5.41, 5.74) is 0. The van der Waals surface area contributed by atoms with Crippen LogP contribution in [-0.4, -0.2) is 14.5 Å². The molecule has 0 heterocycles. The first-order valence-corrected chi connectivity index (χ1v) is 7.88. The Labute approximate surface area is 110 Å². The molecule has 1 aromatic carbocycles. The Morgan fingerprint density at radius 3 is 2.41 bits per heavy atom. The Morgan fingerprint density at radius 2 is 1.88 bits per heavy atom. The number of hydrogen-bond acceptors (Lipinski definition) is 3. The molecule has 0 bridgehead atoms. The third kappa shape index (κ3) is 3.09. The van der Waals surface area contributed by atoms with Gasteiger partial charge in [-0.15, -0.1) is 0 Å². The van der Waals surface area contributed by atoms with Crippen LogP contribution in [0.25, 0.3) is 0 Å². The minimum atomic E-state index is -3.61. The first-order chi connectivity index (χ1) is 7.99. The summed E-state index contributed by atoms with van der Waals surface area (Å²) in [5.74, 6) is 0.320. The van der Waals surface area contributed by atoms with E-state index in [9.17, 15) is 8.42 Å². The highest BCUT2D eigenvalue weighted by Gasteiger charge is 2.29. The van der Waals surface area contributed by atoms with E-state index in [0.717, 1.165) is 23.7 Å². The molecule has 0 aromatic heterocycles. The second-order valence-corrected chi connectivity index (χ2v) is 6.94. The molecule has 17 heavy (non-hydrogen) atoms. The van der Waals surface area contributed by atoms with Crippen molar-refractivity contribution < 1.29 is 12.6 Å². The molecule has 0 unspecified atom stereocenters. The fraction of sp³-hybridized carbons (Fsp3) is 0.500. The molecular weight excluding hydrogens is 304 g/mol. The average Bonchev–Trinajstić information content (AvgIpc) is 2.64. The maximum Gasteiger partial charge on any atom is 0.297 e. The van der Waals surface area contributed by atoms with Crippen LogP contribution in [0.1, 0.15) is 26.2 Å². The second-order valence-electron chi connectivity index (χ2n) is 4.45. The van der Waals surface area contributed by atoms with Gasteiger partial charge in [-0.25, -0.2) is 0 Å². The Balaban J connectivity index is 2.16. The highest BCUT2D eigenvalue weighted by atomic mass is 79.9. The van der Waals surface area contributed by atoms with Crippen molar-refractivity contribution >= 4 is 26.0 Å². The van der Waals surface area contributed by atoms with Crippen LogP contribution in [0.4, 0.5) is 0 Å². The van der Waals surface area contributed by atoms with E-state index < -0.39 is 10.1 Å². The van der Waals surface area contributed by atoms with E-state index in [1.807, 2.05) is 6.92 Å². The number of benzene rings is 1. The van der Waals surface area contributed by atoms with Gasteiger partial charge in [0.15, 0.2) is 0 Å². The van der Waals surface area contributed by atoms with Crippen molar-refractivity contribution in [3.05, 3.63) is 28.7 Å². The number of rotatable bonds is 3. The van der Waals surface area contributed by atoms with Gasteiger partial charge in [0.25, 0.3) is 10.1 Å². The lowest BCUT2D eigenvalue weighted by Gasteiger charge is -2.15. The molecule has 0 N–H and O–H groups in total. The fourth-order valence-corrected chi connectivity index (χ4v) is 3.53. The molecule has 1 aromatic rings. The Hall–Kier alpha value is -0.390. The van der Waals surface area contributed by atoms with Crippen molar-refractivity contribution in [2.45, 2.75) is 37.2 Å². The van der Waals surface area contributed by atoms with E-state index in [-0.39, 0.29) is 11.0 Å². The molecule has 0 aliphatic heterocycles. The average molecular weight is 319 g/mol. The molecule has 0 spiro atoms. The standard InChI is InChI=1S/C12H15BrO3S/c1-9-3-2-4-12(9)16-17(14,15)11-7-5-10(13)6-8-11/h5-9,12H,2-4H2,1H3/t9-,12+/m1/s1. The van der Waals surface area contributed by atoms with Crippen molar-refractivity contribution in [3.63, 3.8) is 0 Å². The molecule has 1 fully saturated rings. The predicted molar refractivity (Wildman–Crippen MR) is 69.2 cm³/mol. The topological polar surface area (TPSA) is 43.4 Å². The summed E-state index contributed by atoms with van der Waals surface area (Å²) >= 11 is 3.27. The lowest BCUT2D eigenvalue weighted by atomic mass is 10.1. The fourth-order valence-electron chi connectivity index (χ4n) is 2.07. The highest BCUT2D eigenvalue weighted by molar-refractivity contribution is 9.10. The molecule has 1 aliphatic rings. The minimum absolute atomic E-state index is 0.163. The molecule has 0 amide bonds. The summed E-state index contributed by atoms with van der Waals surface area (Å²) in [6.45, 7) is 2.04. The zero-order valence-corrected chi connectivity index (χ0v) is 12.0. The van der Waals surface area contributed by atoms with Gasteiger partial charge < -0.3 is 0 Å². The van der Waals surface area contributed by atoms with Gasteiger partial charge in [0.05, 0.1) is 11.0 Å². The maximum absolute atomic E-state index is 12.0. The first kappa shape index (κ1) is 13.1. The number of halogens is 1. The Bertz CT molecular complexity index is 481. The van der Waals surface area contributed by atoms with Gasteiger partial charge in [-0.1, -0.05) is 29.3 Å². The van der Waals surface area contributed by atoms with Crippen LogP contribution in [0.5, 0.6) is 0 Å². The smallest absolute Gasteiger partial charge is 0.263 e. The van der Waals surface area contributed by atoms with Gasteiger partial charge >= 0.3 is 0 Å². The third-order valence-electron chi connectivity index (χ3n) is 3.14. The van der Waals surface area contributed by atoms with E-state index in [2.05, 4.69) is 15.9 Å². The normalized spacial score (nSPS) is 25.1. The zero-order chi connectivity index (χ0) is 12.5. The SMILES string of the molecule is C[C@@H]1CCC[C@@H]1OS(=O)(=O)c1ccc(Br)cc1. The summed E-state index contributed by atoms with van der Waals surface area (Å²) < 4.78 is 30.2. The molecule has 1 saturated carbocycles. The van der Waals surface area contributed by atoms with Gasteiger partial charge in [-0.2, -0.15) is 8.42 Å². The third-order valence-corrected chi connectivity index (χ3v) is 5.01. The van der Waals surface area contributed by atoms with E-state index in [1.54, 1.807) is 24.3 Å². The second kappa shape index (κ2) is 5.08. The summed E-state index contributed by atoms with van der Waals surface area (Å²) in [6.07, 6.45) is 2.75. The lowest BCUT2D eigenvalue weighted by Crippen LogP contribution is -2.20. The van der Waals surface area contributed by atoms with Gasteiger partial charge in [0.2, 0.25) is 0 Å². The Morgan fingerprint density at radius 1 is 1.24 bits per heavy atom. The minimum Gasteiger partial charge on any atom is -0.263 e. The first-order valence-electron chi connectivity index (χ1n) is 5.68. The molecular formula is C12H15BrO3S. The quantitative estimate of drug-likeness (QED) is 0.803. The molecule has 5 heteroatoms. The van der Waals surface area contributed by atoms with Gasteiger partial charge in [-0.3, -0.25) is 4.18 Å². The van der Waals surface area contributed by atoms with Crippen LogP contribution >= 0.6 is 15.9 Å². The van der Waals surface area contributed by atoms with Crippen LogP contribution in [-0.2, 0) is 14.3 Å². The molecule has 3 nitrogen and oxygen atoms in total. The zero-order valence-electron chi connectivity index (χ0n) is 9.60. The van der Waals surface area contributed by atoms with Crippen LogP contribution < -0.4 is 0 Å². The predicted octanol–water partition coefficient (Wildman–Crippen LogP) is 3.34. The largest absolute Gasteiger partial charge is 0.297 e. The molecule has 2 rings (SSSR count). The van der Waals surface area contributed by atoms with Crippen molar-refractivity contribution in [1.82, 2.24) is 0 Å². The van der Waals surface area contributed by atoms with Gasteiger partial charge in [-0.05, 0) is 43.0 Å². The van der Waals surface area contributed by atoms with Crippen LogP contribution in [0.15, 0.2) is 33.6 Å². The molecule has 0 saturated heterocycles. The highest BCUT2D eigenvalue weighted by Crippen LogP contribution is 2.30. The maximum atomic E-state index is 12.0. The van der Waals surface area contributed by atoms with Crippen molar-refractivity contribution in [2.75, 3.05) is 0 Å². The van der Waals surface area contributed by atoms with E-state index in [4.69, 9.17) is 4.18 Å². The van der Waals surface area contributed by atoms with E-state index in [1.165, 1.54) is 0 Å². The molecule has 1 aliphatic carbocycles.